The van der Waals surface area contributed by atoms with Crippen molar-refractivity contribution in [3.05, 3.63) is 71.0 Å². The summed E-state index contributed by atoms with van der Waals surface area (Å²) in [5.74, 6) is -0.127. The first kappa shape index (κ1) is 19.5. The number of ether oxygens (including phenoxy) is 1. The zero-order valence-electron chi connectivity index (χ0n) is 16.2. The van der Waals surface area contributed by atoms with Crippen LogP contribution in [-0.2, 0) is 6.54 Å². The summed E-state index contributed by atoms with van der Waals surface area (Å²) in [5.41, 5.74) is 2.42. The van der Waals surface area contributed by atoms with Crippen LogP contribution in [0, 0.1) is 5.82 Å². The second kappa shape index (κ2) is 8.71. The highest BCUT2D eigenvalue weighted by molar-refractivity contribution is 7.13. The second-order valence-electron chi connectivity index (χ2n) is 6.94. The Morgan fingerprint density at radius 2 is 1.90 bits per heavy atom. The Hall–Kier alpha value is -2.77. The van der Waals surface area contributed by atoms with E-state index in [1.54, 1.807) is 6.07 Å². The first-order chi connectivity index (χ1) is 14.1. The molecule has 1 aliphatic heterocycles. The Bertz CT molecular complexity index is 985. The number of benzene rings is 2. The fourth-order valence-electron chi connectivity index (χ4n) is 3.42. The van der Waals surface area contributed by atoms with Crippen molar-refractivity contribution in [3.63, 3.8) is 0 Å². The third-order valence-electron chi connectivity index (χ3n) is 5.03. The third-order valence-corrected chi connectivity index (χ3v) is 5.92. The zero-order chi connectivity index (χ0) is 20.2. The number of amides is 1. The molecule has 2 heterocycles. The van der Waals surface area contributed by atoms with Crippen LogP contribution in [-0.4, -0.2) is 54.0 Å². The van der Waals surface area contributed by atoms with Crippen LogP contribution < -0.4 is 4.74 Å². The van der Waals surface area contributed by atoms with Crippen molar-refractivity contribution in [1.82, 2.24) is 14.8 Å². The number of thiazole rings is 1. The zero-order valence-corrected chi connectivity index (χ0v) is 17.0. The minimum Gasteiger partial charge on any atom is -0.494 e. The first-order valence-electron chi connectivity index (χ1n) is 9.49. The number of carbonyl (C=O) groups excluding carboxylic acids is 1. The van der Waals surface area contributed by atoms with Crippen LogP contribution >= 0.6 is 11.3 Å². The SMILES string of the molecule is COc1ccc(CN2CCN(C(=O)c3csc(-c4ccccc4)n3)CC2)cc1F. The number of rotatable bonds is 5. The normalized spacial score (nSPS) is 14.8. The van der Waals surface area contributed by atoms with Crippen LogP contribution in [0.3, 0.4) is 0 Å². The van der Waals surface area contributed by atoms with Crippen molar-refractivity contribution in [1.29, 1.82) is 0 Å². The molecule has 5 nitrogen and oxygen atoms in total. The molecule has 150 valence electrons. The molecule has 0 radical (unpaired) electrons. The van der Waals surface area contributed by atoms with Crippen molar-refractivity contribution < 1.29 is 13.9 Å². The molecule has 3 aromatic rings. The Labute approximate surface area is 173 Å². The Morgan fingerprint density at radius 1 is 1.14 bits per heavy atom. The summed E-state index contributed by atoms with van der Waals surface area (Å²) in [4.78, 5) is 21.4. The minimum absolute atomic E-state index is 0.0291. The molecule has 0 atom stereocenters. The lowest BCUT2D eigenvalue weighted by Gasteiger charge is -2.34. The molecular formula is C22H22FN3O2S. The molecule has 1 aromatic heterocycles. The fourth-order valence-corrected chi connectivity index (χ4v) is 4.22. The molecule has 29 heavy (non-hydrogen) atoms. The van der Waals surface area contributed by atoms with Gasteiger partial charge in [0.1, 0.15) is 10.7 Å². The molecule has 1 amide bonds. The van der Waals surface area contributed by atoms with Crippen LogP contribution in [0.5, 0.6) is 5.75 Å². The minimum atomic E-state index is -0.350. The maximum Gasteiger partial charge on any atom is 0.273 e. The van der Waals surface area contributed by atoms with Gasteiger partial charge in [0.15, 0.2) is 11.6 Å². The van der Waals surface area contributed by atoms with Gasteiger partial charge in [-0.2, -0.15) is 0 Å². The molecule has 1 saturated heterocycles. The number of hydrogen-bond acceptors (Lipinski definition) is 5. The van der Waals surface area contributed by atoms with Gasteiger partial charge in [-0.1, -0.05) is 36.4 Å². The predicted molar refractivity (Wildman–Crippen MR) is 112 cm³/mol. The van der Waals surface area contributed by atoms with Crippen molar-refractivity contribution in [2.75, 3.05) is 33.3 Å². The van der Waals surface area contributed by atoms with E-state index in [4.69, 9.17) is 4.74 Å². The van der Waals surface area contributed by atoms with E-state index in [2.05, 4.69) is 9.88 Å². The van der Waals surface area contributed by atoms with E-state index in [9.17, 15) is 9.18 Å². The molecule has 0 N–H and O–H groups in total. The van der Waals surface area contributed by atoms with Gasteiger partial charge in [-0.25, -0.2) is 9.37 Å². The van der Waals surface area contributed by atoms with E-state index in [-0.39, 0.29) is 17.5 Å². The van der Waals surface area contributed by atoms with Crippen LogP contribution in [0.4, 0.5) is 4.39 Å². The van der Waals surface area contributed by atoms with Gasteiger partial charge in [-0.3, -0.25) is 9.69 Å². The Balaban J connectivity index is 1.34. The molecule has 7 heteroatoms. The molecule has 4 rings (SSSR count). The van der Waals surface area contributed by atoms with Crippen LogP contribution in [0.25, 0.3) is 10.6 Å². The molecule has 0 spiro atoms. The van der Waals surface area contributed by atoms with Gasteiger partial charge in [-0.05, 0) is 17.7 Å². The molecule has 1 aliphatic rings. The number of carbonyl (C=O) groups is 1. The lowest BCUT2D eigenvalue weighted by atomic mass is 10.1. The quantitative estimate of drug-likeness (QED) is 0.639. The van der Waals surface area contributed by atoms with E-state index < -0.39 is 0 Å². The number of aromatic nitrogens is 1. The Kier molecular flexibility index (Phi) is 5.87. The predicted octanol–water partition coefficient (Wildman–Crippen LogP) is 3.92. The second-order valence-corrected chi connectivity index (χ2v) is 7.80. The van der Waals surface area contributed by atoms with E-state index in [1.807, 2.05) is 46.7 Å². The van der Waals surface area contributed by atoms with Gasteiger partial charge in [0.05, 0.1) is 7.11 Å². The number of halogens is 1. The molecule has 0 saturated carbocycles. The molecule has 1 fully saturated rings. The van der Waals surface area contributed by atoms with Crippen LogP contribution in [0.2, 0.25) is 0 Å². The highest BCUT2D eigenvalue weighted by Gasteiger charge is 2.24. The van der Waals surface area contributed by atoms with Gasteiger partial charge in [-0.15, -0.1) is 11.3 Å². The van der Waals surface area contributed by atoms with Gasteiger partial charge in [0.2, 0.25) is 0 Å². The topological polar surface area (TPSA) is 45.7 Å². The van der Waals surface area contributed by atoms with Gasteiger partial charge >= 0.3 is 0 Å². The fraction of sp³-hybridized carbons (Fsp3) is 0.273. The maximum absolute atomic E-state index is 13.9. The smallest absolute Gasteiger partial charge is 0.273 e. The molecule has 2 aromatic carbocycles. The molecular weight excluding hydrogens is 389 g/mol. The van der Waals surface area contributed by atoms with Crippen molar-refractivity contribution in [3.8, 4) is 16.3 Å². The maximum atomic E-state index is 13.9. The van der Waals surface area contributed by atoms with Crippen LogP contribution in [0.15, 0.2) is 53.9 Å². The number of methoxy groups -OCH3 is 1. The summed E-state index contributed by atoms with van der Waals surface area (Å²) in [6.45, 7) is 3.41. The monoisotopic (exact) mass is 411 g/mol. The van der Waals surface area contributed by atoms with E-state index in [0.29, 0.717) is 25.3 Å². The van der Waals surface area contributed by atoms with Gasteiger partial charge < -0.3 is 9.64 Å². The average molecular weight is 412 g/mol. The van der Waals surface area contributed by atoms with Crippen molar-refractivity contribution in [2.24, 2.45) is 0 Å². The summed E-state index contributed by atoms with van der Waals surface area (Å²) in [5, 5.41) is 2.69. The third kappa shape index (κ3) is 4.46. The summed E-state index contributed by atoms with van der Waals surface area (Å²) >= 11 is 1.49. The average Bonchev–Trinajstić information content (AvgIpc) is 3.25. The summed E-state index contributed by atoms with van der Waals surface area (Å²) < 4.78 is 18.8. The first-order valence-corrected chi connectivity index (χ1v) is 10.4. The largest absolute Gasteiger partial charge is 0.494 e. The van der Waals surface area contributed by atoms with Gasteiger partial charge in [0, 0.05) is 43.7 Å². The molecule has 0 bridgehead atoms. The van der Waals surface area contributed by atoms with E-state index >= 15 is 0 Å². The molecule has 0 aliphatic carbocycles. The Morgan fingerprint density at radius 3 is 2.59 bits per heavy atom. The standard InChI is InChI=1S/C22H22FN3O2S/c1-28-20-8-7-16(13-18(20)23)14-25-9-11-26(12-10-25)22(27)19-15-29-21(24-19)17-5-3-2-4-6-17/h2-8,13,15H,9-12,14H2,1H3. The molecule has 0 unspecified atom stereocenters. The highest BCUT2D eigenvalue weighted by Crippen LogP contribution is 2.24. The number of nitrogens with zero attached hydrogens (tertiary/aromatic N) is 3. The lowest BCUT2D eigenvalue weighted by Crippen LogP contribution is -2.48. The van der Waals surface area contributed by atoms with E-state index in [1.165, 1.54) is 24.5 Å². The van der Waals surface area contributed by atoms with Crippen molar-refractivity contribution in [2.45, 2.75) is 6.54 Å². The van der Waals surface area contributed by atoms with E-state index in [0.717, 1.165) is 29.2 Å². The number of piperazine rings is 1. The summed E-state index contributed by atoms with van der Waals surface area (Å²) in [6, 6.07) is 14.9. The number of hydrogen-bond donors (Lipinski definition) is 0. The highest BCUT2D eigenvalue weighted by atomic mass is 32.1. The summed E-state index contributed by atoms with van der Waals surface area (Å²) in [6.07, 6.45) is 0. The van der Waals surface area contributed by atoms with Crippen LogP contribution in [0.1, 0.15) is 16.1 Å². The van der Waals surface area contributed by atoms with Crippen molar-refractivity contribution >= 4 is 17.2 Å². The summed E-state index contributed by atoms with van der Waals surface area (Å²) in [7, 11) is 1.46. The lowest BCUT2D eigenvalue weighted by molar-refractivity contribution is 0.0623. The van der Waals surface area contributed by atoms with Gasteiger partial charge in [0.25, 0.3) is 5.91 Å².